The van der Waals surface area contributed by atoms with Crippen LogP contribution in [0.2, 0.25) is 0 Å². The quantitative estimate of drug-likeness (QED) is 0.133. The number of carbonyl (C=O) groups excluding carboxylic acids is 1. The molecule has 7 nitrogen and oxygen atoms in total. The van der Waals surface area contributed by atoms with Gasteiger partial charge in [0.15, 0.2) is 6.29 Å². The highest BCUT2D eigenvalue weighted by Crippen LogP contribution is 2.38. The van der Waals surface area contributed by atoms with Crippen molar-refractivity contribution >= 4 is 6.29 Å². The third-order valence-electron chi connectivity index (χ3n) is 7.39. The van der Waals surface area contributed by atoms with Crippen molar-refractivity contribution in [1.29, 1.82) is 0 Å². The van der Waals surface area contributed by atoms with Gasteiger partial charge in [-0.3, -0.25) is 9.36 Å². The van der Waals surface area contributed by atoms with Crippen LogP contribution in [0.1, 0.15) is 21.5 Å². The van der Waals surface area contributed by atoms with Crippen molar-refractivity contribution in [3.05, 3.63) is 144 Å². The van der Waals surface area contributed by atoms with Gasteiger partial charge < -0.3 is 18.9 Å². The van der Waals surface area contributed by atoms with Crippen molar-refractivity contribution in [2.75, 3.05) is 14.2 Å². The summed E-state index contributed by atoms with van der Waals surface area (Å²) >= 11 is 0. The zero-order valence-electron chi connectivity index (χ0n) is 25.1. The molecule has 0 saturated carbocycles. The van der Waals surface area contributed by atoms with E-state index in [4.69, 9.17) is 23.9 Å². The average Bonchev–Trinajstić information content (AvgIpc) is 3.55. The summed E-state index contributed by atoms with van der Waals surface area (Å²) in [6.45, 7) is 0.793. The standard InChI is InChI=1S/C38H32N2O5/c1-42-31-18-20-37(45-26-28-13-7-4-8-14-28)33(22-31)34-23-40(30-17-19-35(43-2)29(21-30)24-41)38(39-34)32-15-9-10-16-36(32)44-25-27-11-5-3-6-12-27/h3-24H,25-26H2,1-2H3. The van der Waals surface area contributed by atoms with Gasteiger partial charge >= 0.3 is 0 Å². The number of methoxy groups -OCH3 is 2. The number of aromatic nitrogens is 2. The van der Waals surface area contributed by atoms with Crippen molar-refractivity contribution in [3.63, 3.8) is 0 Å². The normalized spacial score (nSPS) is 10.7. The zero-order valence-corrected chi connectivity index (χ0v) is 25.1. The van der Waals surface area contributed by atoms with Crippen LogP contribution in [0.15, 0.2) is 128 Å². The fourth-order valence-corrected chi connectivity index (χ4v) is 5.07. The molecule has 45 heavy (non-hydrogen) atoms. The summed E-state index contributed by atoms with van der Waals surface area (Å²) in [5, 5.41) is 0. The van der Waals surface area contributed by atoms with Crippen molar-refractivity contribution in [1.82, 2.24) is 9.55 Å². The number of para-hydroxylation sites is 1. The predicted molar refractivity (Wildman–Crippen MR) is 174 cm³/mol. The topological polar surface area (TPSA) is 71.8 Å². The van der Waals surface area contributed by atoms with Crippen LogP contribution >= 0.6 is 0 Å². The van der Waals surface area contributed by atoms with E-state index in [0.29, 0.717) is 53.3 Å². The molecule has 0 bridgehead atoms. The lowest BCUT2D eigenvalue weighted by Crippen LogP contribution is -2.01. The van der Waals surface area contributed by atoms with E-state index in [2.05, 4.69) is 0 Å². The largest absolute Gasteiger partial charge is 0.497 e. The van der Waals surface area contributed by atoms with E-state index in [1.54, 1.807) is 26.4 Å². The van der Waals surface area contributed by atoms with Crippen LogP contribution in [0, 0.1) is 0 Å². The molecule has 6 rings (SSSR count). The number of carbonyl (C=O) groups is 1. The zero-order chi connectivity index (χ0) is 31.0. The first-order valence-corrected chi connectivity index (χ1v) is 14.5. The first-order chi connectivity index (χ1) is 22.2. The summed E-state index contributed by atoms with van der Waals surface area (Å²) in [7, 11) is 3.18. The van der Waals surface area contributed by atoms with Gasteiger partial charge in [-0.1, -0.05) is 72.8 Å². The molecule has 0 saturated heterocycles. The molecular formula is C38H32N2O5. The van der Waals surface area contributed by atoms with E-state index in [9.17, 15) is 4.79 Å². The van der Waals surface area contributed by atoms with E-state index in [1.165, 1.54) is 0 Å². The second kappa shape index (κ2) is 13.7. The van der Waals surface area contributed by atoms with Gasteiger partial charge in [0.25, 0.3) is 0 Å². The smallest absolute Gasteiger partial charge is 0.153 e. The number of rotatable bonds is 12. The fraction of sp³-hybridized carbons (Fsp3) is 0.105. The van der Waals surface area contributed by atoms with Crippen LogP contribution in [0.5, 0.6) is 23.0 Å². The minimum atomic E-state index is 0.394. The maximum atomic E-state index is 12.0. The van der Waals surface area contributed by atoms with Gasteiger partial charge in [-0.15, -0.1) is 0 Å². The first-order valence-electron chi connectivity index (χ1n) is 14.5. The monoisotopic (exact) mass is 596 g/mol. The molecule has 7 heteroatoms. The molecular weight excluding hydrogens is 564 g/mol. The maximum Gasteiger partial charge on any atom is 0.153 e. The van der Waals surface area contributed by atoms with Gasteiger partial charge in [0.2, 0.25) is 0 Å². The van der Waals surface area contributed by atoms with E-state index < -0.39 is 0 Å². The van der Waals surface area contributed by atoms with Gasteiger partial charge in [-0.05, 0) is 59.7 Å². The summed E-state index contributed by atoms with van der Waals surface area (Å²) in [5.74, 6) is 3.13. The van der Waals surface area contributed by atoms with Gasteiger partial charge in [-0.2, -0.15) is 0 Å². The Morgan fingerprint density at radius 2 is 1.27 bits per heavy atom. The number of hydrogen-bond donors (Lipinski definition) is 0. The van der Waals surface area contributed by atoms with E-state index in [-0.39, 0.29) is 0 Å². The second-order valence-electron chi connectivity index (χ2n) is 10.3. The lowest BCUT2D eigenvalue weighted by molar-refractivity contribution is 0.112. The third-order valence-corrected chi connectivity index (χ3v) is 7.39. The van der Waals surface area contributed by atoms with E-state index >= 15 is 0 Å². The maximum absolute atomic E-state index is 12.0. The molecule has 0 radical (unpaired) electrons. The minimum Gasteiger partial charge on any atom is -0.497 e. The number of ether oxygens (including phenoxy) is 4. The molecule has 1 aromatic heterocycles. The van der Waals surface area contributed by atoms with Crippen LogP contribution in [-0.2, 0) is 13.2 Å². The van der Waals surface area contributed by atoms with Crippen molar-refractivity contribution in [3.8, 4) is 51.3 Å². The van der Waals surface area contributed by atoms with Crippen molar-refractivity contribution in [2.24, 2.45) is 0 Å². The Kier molecular flexibility index (Phi) is 8.88. The van der Waals surface area contributed by atoms with Gasteiger partial charge in [0.1, 0.15) is 42.0 Å². The van der Waals surface area contributed by atoms with Gasteiger partial charge in [0.05, 0.1) is 31.0 Å². The summed E-state index contributed by atoms with van der Waals surface area (Å²) < 4.78 is 25.6. The number of nitrogens with zero attached hydrogens (tertiary/aromatic N) is 2. The molecule has 0 unspecified atom stereocenters. The Balaban J connectivity index is 1.47. The molecule has 6 aromatic rings. The van der Waals surface area contributed by atoms with Crippen LogP contribution in [0.25, 0.3) is 28.3 Å². The van der Waals surface area contributed by atoms with Crippen molar-refractivity contribution in [2.45, 2.75) is 13.2 Å². The van der Waals surface area contributed by atoms with Crippen LogP contribution in [-0.4, -0.2) is 30.1 Å². The van der Waals surface area contributed by atoms with Gasteiger partial charge in [-0.25, -0.2) is 4.98 Å². The lowest BCUT2D eigenvalue weighted by Gasteiger charge is -2.14. The van der Waals surface area contributed by atoms with Crippen molar-refractivity contribution < 1.29 is 23.7 Å². The summed E-state index contributed by atoms with van der Waals surface area (Å²) in [6.07, 6.45) is 2.72. The molecule has 0 fully saturated rings. The summed E-state index contributed by atoms with van der Waals surface area (Å²) in [4.78, 5) is 17.1. The Morgan fingerprint density at radius 3 is 1.91 bits per heavy atom. The predicted octanol–water partition coefficient (Wildman–Crippen LogP) is 8.19. The molecule has 0 amide bonds. The highest BCUT2D eigenvalue weighted by Gasteiger charge is 2.20. The Morgan fingerprint density at radius 1 is 0.644 bits per heavy atom. The summed E-state index contributed by atoms with van der Waals surface area (Å²) in [6, 6.07) is 39.0. The molecule has 0 aliphatic carbocycles. The first kappa shape index (κ1) is 29.3. The fourth-order valence-electron chi connectivity index (χ4n) is 5.07. The molecule has 1 heterocycles. The molecule has 0 N–H and O–H groups in total. The highest BCUT2D eigenvalue weighted by molar-refractivity contribution is 5.81. The SMILES string of the molecule is COc1ccc(OCc2ccccc2)c(-c2cn(-c3ccc(OC)c(C=O)c3)c(-c3ccccc3OCc3ccccc3)n2)c1. The molecule has 0 aliphatic heterocycles. The Bertz CT molecular complexity index is 1900. The molecule has 224 valence electrons. The number of imidazole rings is 1. The Hall–Kier alpha value is -5.82. The number of hydrogen-bond acceptors (Lipinski definition) is 6. The van der Waals surface area contributed by atoms with Crippen LogP contribution in [0.3, 0.4) is 0 Å². The number of aldehydes is 1. The average molecular weight is 597 g/mol. The third kappa shape index (κ3) is 6.58. The molecule has 0 atom stereocenters. The van der Waals surface area contributed by atoms with Gasteiger partial charge in [0, 0.05) is 17.4 Å². The Labute approximate surface area is 262 Å². The molecule has 0 aliphatic rings. The lowest BCUT2D eigenvalue weighted by atomic mass is 10.1. The highest BCUT2D eigenvalue weighted by atomic mass is 16.5. The minimum absolute atomic E-state index is 0.394. The van der Waals surface area contributed by atoms with E-state index in [0.717, 1.165) is 34.2 Å². The molecule has 5 aromatic carbocycles. The van der Waals surface area contributed by atoms with Crippen LogP contribution < -0.4 is 18.9 Å². The summed E-state index contributed by atoms with van der Waals surface area (Å²) in [5.41, 5.74) is 5.48. The second-order valence-corrected chi connectivity index (χ2v) is 10.3. The number of benzene rings is 5. The van der Waals surface area contributed by atoms with E-state index in [1.807, 2.05) is 120 Å². The molecule has 0 spiro atoms. The van der Waals surface area contributed by atoms with Crippen LogP contribution in [0.4, 0.5) is 0 Å².